The molecule has 0 saturated heterocycles. The summed E-state index contributed by atoms with van der Waals surface area (Å²) in [5, 5.41) is 11.9. The lowest BCUT2D eigenvalue weighted by Crippen LogP contribution is -2.10. The molecule has 0 unspecified atom stereocenters. The van der Waals surface area contributed by atoms with Crippen LogP contribution in [0.4, 0.5) is 16.4 Å². The number of para-hydroxylation sites is 1. The molecule has 8 nitrogen and oxygen atoms in total. The van der Waals surface area contributed by atoms with E-state index in [2.05, 4.69) is 15.6 Å². The van der Waals surface area contributed by atoms with Gasteiger partial charge in [-0.2, -0.15) is 0 Å². The van der Waals surface area contributed by atoms with Crippen molar-refractivity contribution in [3.05, 3.63) is 82.0 Å². The predicted molar refractivity (Wildman–Crippen MR) is 129 cm³/mol. The lowest BCUT2D eigenvalue weighted by Gasteiger charge is -2.07. The number of aryl methyl sites for hydroxylation is 1. The standard InChI is InChI=1S/C24H23N5O3S/c1-4-32-24(31)18-19(25)22(33-23(18)26-16-8-6-5-7-9-16)21(30)20-15(3)29(28-27-20)17-12-10-14(2)11-13-17/h5-13,26H,4,25H2,1-3H3. The number of thiophene rings is 1. The molecule has 168 valence electrons. The zero-order chi connectivity index (χ0) is 23.5. The summed E-state index contributed by atoms with van der Waals surface area (Å²) in [4.78, 5) is 26.3. The molecule has 0 aliphatic carbocycles. The Morgan fingerprint density at radius 3 is 2.45 bits per heavy atom. The van der Waals surface area contributed by atoms with Gasteiger partial charge in [0.25, 0.3) is 0 Å². The number of carbonyl (C=O) groups excluding carboxylic acids is 2. The Kier molecular flexibility index (Phi) is 6.23. The highest BCUT2D eigenvalue weighted by Gasteiger charge is 2.30. The average Bonchev–Trinajstić information content (AvgIpc) is 3.34. The number of nitrogens with two attached hydrogens (primary N) is 1. The molecule has 0 spiro atoms. The van der Waals surface area contributed by atoms with Gasteiger partial charge in [-0.1, -0.05) is 41.1 Å². The van der Waals surface area contributed by atoms with E-state index in [1.807, 2.05) is 61.5 Å². The van der Waals surface area contributed by atoms with Crippen molar-refractivity contribution in [2.75, 3.05) is 17.7 Å². The molecule has 0 radical (unpaired) electrons. The molecule has 4 aromatic rings. The monoisotopic (exact) mass is 461 g/mol. The first-order valence-corrected chi connectivity index (χ1v) is 11.2. The van der Waals surface area contributed by atoms with Crippen LogP contribution in [0.25, 0.3) is 5.69 Å². The molecule has 0 fully saturated rings. The first-order chi connectivity index (χ1) is 15.9. The quantitative estimate of drug-likeness (QED) is 0.303. The van der Waals surface area contributed by atoms with Crippen molar-refractivity contribution < 1.29 is 14.3 Å². The van der Waals surface area contributed by atoms with E-state index in [0.717, 1.165) is 28.3 Å². The molecule has 2 aromatic carbocycles. The van der Waals surface area contributed by atoms with Gasteiger partial charge in [-0.25, -0.2) is 9.48 Å². The summed E-state index contributed by atoms with van der Waals surface area (Å²) in [6.07, 6.45) is 0. The maximum Gasteiger partial charge on any atom is 0.343 e. The van der Waals surface area contributed by atoms with E-state index in [-0.39, 0.29) is 28.4 Å². The van der Waals surface area contributed by atoms with E-state index in [0.29, 0.717) is 10.7 Å². The molecule has 2 heterocycles. The summed E-state index contributed by atoms with van der Waals surface area (Å²) in [5.74, 6) is -0.996. The number of nitrogens with one attached hydrogen (secondary N) is 1. The molecule has 0 saturated carbocycles. The number of nitrogens with zero attached hydrogens (tertiary/aromatic N) is 3. The SMILES string of the molecule is CCOC(=O)c1c(Nc2ccccc2)sc(C(=O)c2nnn(-c3ccc(C)cc3)c2C)c1N. The number of hydrogen-bond donors (Lipinski definition) is 2. The van der Waals surface area contributed by atoms with Crippen LogP contribution >= 0.6 is 11.3 Å². The number of ketones is 1. The van der Waals surface area contributed by atoms with Gasteiger partial charge in [-0.05, 0) is 45.0 Å². The summed E-state index contributed by atoms with van der Waals surface area (Å²) in [6, 6.07) is 17.1. The Labute approximate surface area is 195 Å². The highest BCUT2D eigenvalue weighted by molar-refractivity contribution is 7.19. The van der Waals surface area contributed by atoms with Gasteiger partial charge in [-0.15, -0.1) is 16.4 Å². The molecule has 33 heavy (non-hydrogen) atoms. The van der Waals surface area contributed by atoms with Crippen molar-refractivity contribution in [2.45, 2.75) is 20.8 Å². The molecule has 0 aliphatic rings. The summed E-state index contributed by atoms with van der Waals surface area (Å²) >= 11 is 1.09. The van der Waals surface area contributed by atoms with Crippen LogP contribution in [0, 0.1) is 13.8 Å². The van der Waals surface area contributed by atoms with Gasteiger partial charge in [0.1, 0.15) is 15.4 Å². The Morgan fingerprint density at radius 2 is 1.79 bits per heavy atom. The van der Waals surface area contributed by atoms with Gasteiger partial charge in [0.15, 0.2) is 5.69 Å². The molecule has 0 atom stereocenters. The van der Waals surface area contributed by atoms with Crippen molar-refractivity contribution in [3.63, 3.8) is 0 Å². The number of hydrogen-bond acceptors (Lipinski definition) is 8. The van der Waals surface area contributed by atoms with Crippen molar-refractivity contribution in [1.29, 1.82) is 0 Å². The molecule has 0 aliphatic heterocycles. The number of anilines is 3. The fourth-order valence-corrected chi connectivity index (χ4v) is 4.41. The third-order valence-corrected chi connectivity index (χ3v) is 6.17. The fourth-order valence-electron chi connectivity index (χ4n) is 3.34. The second-order valence-corrected chi connectivity index (χ2v) is 8.38. The third kappa shape index (κ3) is 4.35. The van der Waals surface area contributed by atoms with Gasteiger partial charge in [0.2, 0.25) is 5.78 Å². The topological polar surface area (TPSA) is 112 Å². The number of aromatic nitrogens is 3. The maximum atomic E-state index is 13.4. The van der Waals surface area contributed by atoms with Gasteiger partial charge in [-0.3, -0.25) is 4.79 Å². The Hall–Kier alpha value is -3.98. The molecule has 0 bridgehead atoms. The van der Waals surface area contributed by atoms with Crippen LogP contribution < -0.4 is 11.1 Å². The first kappa shape index (κ1) is 22.2. The highest BCUT2D eigenvalue weighted by atomic mass is 32.1. The van der Waals surface area contributed by atoms with E-state index in [1.54, 1.807) is 18.5 Å². The second-order valence-electron chi connectivity index (χ2n) is 7.36. The van der Waals surface area contributed by atoms with E-state index in [1.165, 1.54) is 0 Å². The zero-order valence-corrected chi connectivity index (χ0v) is 19.3. The Morgan fingerprint density at radius 1 is 1.09 bits per heavy atom. The minimum Gasteiger partial charge on any atom is -0.462 e. The van der Waals surface area contributed by atoms with Crippen LogP contribution in [0.15, 0.2) is 54.6 Å². The molecular formula is C24H23N5O3S. The summed E-state index contributed by atoms with van der Waals surface area (Å²) in [5.41, 5.74) is 9.91. The van der Waals surface area contributed by atoms with Gasteiger partial charge in [0.05, 0.1) is 23.7 Å². The molecular weight excluding hydrogens is 438 g/mol. The Bertz CT molecular complexity index is 1310. The highest BCUT2D eigenvalue weighted by Crippen LogP contribution is 2.39. The van der Waals surface area contributed by atoms with Crippen LogP contribution in [0.2, 0.25) is 0 Å². The molecule has 9 heteroatoms. The van der Waals surface area contributed by atoms with Gasteiger partial charge >= 0.3 is 5.97 Å². The molecule has 2 aromatic heterocycles. The predicted octanol–water partition coefficient (Wildman–Crippen LogP) is 4.68. The van der Waals surface area contributed by atoms with E-state index in [9.17, 15) is 9.59 Å². The Balaban J connectivity index is 1.74. The second kappa shape index (κ2) is 9.25. The minimum absolute atomic E-state index is 0.0613. The van der Waals surface area contributed by atoms with Crippen molar-refractivity contribution in [2.24, 2.45) is 0 Å². The van der Waals surface area contributed by atoms with Crippen LogP contribution in [-0.2, 0) is 4.74 Å². The lowest BCUT2D eigenvalue weighted by molar-refractivity contribution is 0.0529. The van der Waals surface area contributed by atoms with Crippen LogP contribution in [0.3, 0.4) is 0 Å². The maximum absolute atomic E-state index is 13.4. The zero-order valence-electron chi connectivity index (χ0n) is 18.5. The normalized spacial score (nSPS) is 10.8. The number of carbonyl (C=O) groups is 2. The smallest absolute Gasteiger partial charge is 0.343 e. The van der Waals surface area contributed by atoms with Gasteiger partial charge < -0.3 is 15.8 Å². The number of nitrogen functional groups attached to an aromatic ring is 1. The number of ether oxygens (including phenoxy) is 1. The van der Waals surface area contributed by atoms with Crippen molar-refractivity contribution in [3.8, 4) is 5.69 Å². The average molecular weight is 462 g/mol. The van der Waals surface area contributed by atoms with Crippen molar-refractivity contribution in [1.82, 2.24) is 15.0 Å². The van der Waals surface area contributed by atoms with Crippen molar-refractivity contribution >= 4 is 39.5 Å². The van der Waals surface area contributed by atoms with E-state index >= 15 is 0 Å². The van der Waals surface area contributed by atoms with Gasteiger partial charge in [0, 0.05) is 5.69 Å². The van der Waals surface area contributed by atoms with E-state index < -0.39 is 11.8 Å². The molecule has 3 N–H and O–H groups in total. The summed E-state index contributed by atoms with van der Waals surface area (Å²) < 4.78 is 6.79. The summed E-state index contributed by atoms with van der Waals surface area (Å²) in [7, 11) is 0. The lowest BCUT2D eigenvalue weighted by atomic mass is 10.1. The van der Waals surface area contributed by atoms with E-state index in [4.69, 9.17) is 10.5 Å². The minimum atomic E-state index is -0.594. The molecule has 0 amide bonds. The van der Waals surface area contributed by atoms with Crippen LogP contribution in [-0.4, -0.2) is 33.4 Å². The first-order valence-electron chi connectivity index (χ1n) is 10.4. The third-order valence-electron chi connectivity index (χ3n) is 5.05. The fraction of sp³-hybridized carbons (Fsp3) is 0.167. The number of esters is 1. The summed E-state index contributed by atoms with van der Waals surface area (Å²) in [6.45, 7) is 5.66. The van der Waals surface area contributed by atoms with Crippen LogP contribution in [0.5, 0.6) is 0 Å². The largest absolute Gasteiger partial charge is 0.462 e. The van der Waals surface area contributed by atoms with Crippen LogP contribution in [0.1, 0.15) is 43.9 Å². The molecule has 4 rings (SSSR count). The number of benzene rings is 2. The number of rotatable bonds is 7.